The van der Waals surface area contributed by atoms with Crippen molar-refractivity contribution in [3.8, 4) is 0 Å². The average molecular weight is 186 g/mol. The Kier molecular flexibility index (Phi) is 1.61. The van der Waals surface area contributed by atoms with Crippen LogP contribution in [0.5, 0.6) is 0 Å². The van der Waals surface area contributed by atoms with Crippen molar-refractivity contribution in [3.05, 3.63) is 11.5 Å². The minimum Gasteiger partial charge on any atom is -0.412 e. The molecule has 0 N–H and O–H groups in total. The summed E-state index contributed by atoms with van der Waals surface area (Å²) in [5, 5.41) is 0.679. The summed E-state index contributed by atoms with van der Waals surface area (Å²) in [5.41, 5.74) is 0. The predicted octanol–water partition coefficient (Wildman–Crippen LogP) is 0.781. The van der Waals surface area contributed by atoms with E-state index in [2.05, 4.69) is 0 Å². The summed E-state index contributed by atoms with van der Waals surface area (Å²) in [6.45, 7) is 0. The average Bonchev–Trinajstić information content (AvgIpc) is 2.33. The Bertz CT molecular complexity index is 245. The Morgan fingerprint density at radius 1 is 1.33 bits per heavy atom. The molecule has 0 radical (unpaired) electrons. The first-order valence-corrected chi connectivity index (χ1v) is 4.35. The summed E-state index contributed by atoms with van der Waals surface area (Å²) in [7, 11) is 0. The Labute approximate surface area is 72.9 Å². The first-order valence-electron chi connectivity index (χ1n) is 3.47. The monoisotopic (exact) mass is 186 g/mol. The van der Waals surface area contributed by atoms with Crippen molar-refractivity contribution in [3.63, 3.8) is 0 Å². The van der Waals surface area contributed by atoms with Crippen LogP contribution < -0.4 is 0 Å². The third-order valence-electron chi connectivity index (χ3n) is 1.54. The Morgan fingerprint density at radius 2 is 2.00 bits per heavy atom. The van der Waals surface area contributed by atoms with Gasteiger partial charge in [-0.2, -0.15) is 0 Å². The van der Waals surface area contributed by atoms with Gasteiger partial charge in [0.2, 0.25) is 0 Å². The maximum absolute atomic E-state index is 10.9. The van der Waals surface area contributed by atoms with Crippen LogP contribution in [0.3, 0.4) is 0 Å². The molecule has 64 valence electrons. The molecule has 1 saturated heterocycles. The van der Waals surface area contributed by atoms with Gasteiger partial charge in [0.25, 0.3) is 0 Å². The molecule has 4 nitrogen and oxygen atoms in total. The standard InChI is InChI=1S/C7H6O4S/c8-5-4-6(9)11-7(10-5)2-1-3-12-7/h1,3H,2,4H2. The van der Waals surface area contributed by atoms with Crippen molar-refractivity contribution in [1.82, 2.24) is 0 Å². The second kappa shape index (κ2) is 2.52. The highest BCUT2D eigenvalue weighted by Gasteiger charge is 2.44. The second-order valence-corrected chi connectivity index (χ2v) is 3.63. The molecule has 5 heteroatoms. The minimum absolute atomic E-state index is 0.275. The van der Waals surface area contributed by atoms with Gasteiger partial charge in [0.05, 0.1) is 6.42 Å². The molecule has 0 atom stereocenters. The number of carbonyl (C=O) groups is 2. The molecule has 2 aliphatic heterocycles. The quantitative estimate of drug-likeness (QED) is 0.413. The van der Waals surface area contributed by atoms with Crippen LogP contribution in [-0.4, -0.2) is 17.1 Å². The molecule has 1 fully saturated rings. The topological polar surface area (TPSA) is 52.6 Å². The maximum atomic E-state index is 10.9. The zero-order valence-electron chi connectivity index (χ0n) is 6.11. The summed E-state index contributed by atoms with van der Waals surface area (Å²) in [5.74, 6) is -1.02. The zero-order valence-corrected chi connectivity index (χ0v) is 6.93. The minimum atomic E-state index is -1.08. The first-order chi connectivity index (χ1) is 5.70. The largest absolute Gasteiger partial charge is 0.412 e. The van der Waals surface area contributed by atoms with E-state index in [9.17, 15) is 9.59 Å². The van der Waals surface area contributed by atoms with Gasteiger partial charge in [-0.25, -0.2) is 0 Å². The predicted molar refractivity (Wildman–Crippen MR) is 40.9 cm³/mol. The Morgan fingerprint density at radius 3 is 2.50 bits per heavy atom. The SMILES string of the molecule is O=C1CC(=O)OC2(CC=CS2)O1. The van der Waals surface area contributed by atoms with Crippen LogP contribution >= 0.6 is 11.8 Å². The molecule has 0 saturated carbocycles. The van der Waals surface area contributed by atoms with Crippen molar-refractivity contribution in [2.24, 2.45) is 0 Å². The van der Waals surface area contributed by atoms with Crippen molar-refractivity contribution in [2.45, 2.75) is 18.0 Å². The van der Waals surface area contributed by atoms with Crippen LogP contribution in [0.4, 0.5) is 0 Å². The molecule has 0 aromatic rings. The molecular formula is C7H6O4S. The second-order valence-electron chi connectivity index (χ2n) is 2.50. The molecule has 0 amide bonds. The number of hydrogen-bond acceptors (Lipinski definition) is 5. The number of esters is 2. The fourth-order valence-electron chi connectivity index (χ4n) is 1.08. The Hall–Kier alpha value is -0.970. The van der Waals surface area contributed by atoms with E-state index in [0.717, 1.165) is 0 Å². The molecular weight excluding hydrogens is 180 g/mol. The van der Waals surface area contributed by atoms with Crippen LogP contribution in [0.2, 0.25) is 0 Å². The van der Waals surface area contributed by atoms with Gasteiger partial charge in [0.15, 0.2) is 0 Å². The number of carbonyl (C=O) groups excluding carboxylic acids is 2. The van der Waals surface area contributed by atoms with Crippen molar-refractivity contribution in [2.75, 3.05) is 0 Å². The first kappa shape index (κ1) is 7.67. The molecule has 2 rings (SSSR count). The van der Waals surface area contributed by atoms with E-state index in [-0.39, 0.29) is 6.42 Å². The number of thioether (sulfide) groups is 1. The van der Waals surface area contributed by atoms with Gasteiger partial charge in [-0.1, -0.05) is 6.08 Å². The third-order valence-corrected chi connectivity index (χ3v) is 2.56. The number of hydrogen-bond donors (Lipinski definition) is 0. The molecule has 0 unspecified atom stereocenters. The fraction of sp³-hybridized carbons (Fsp3) is 0.429. The summed E-state index contributed by atoms with van der Waals surface area (Å²) in [4.78, 5) is 21.7. The molecule has 0 aromatic carbocycles. The van der Waals surface area contributed by atoms with Gasteiger partial charge >= 0.3 is 17.1 Å². The molecule has 0 aliphatic carbocycles. The van der Waals surface area contributed by atoms with Crippen LogP contribution in [0, 0.1) is 0 Å². The van der Waals surface area contributed by atoms with Crippen LogP contribution in [0.25, 0.3) is 0 Å². The molecule has 1 spiro atoms. The van der Waals surface area contributed by atoms with Gasteiger partial charge in [-0.15, -0.1) is 0 Å². The van der Waals surface area contributed by atoms with Crippen LogP contribution in [0.15, 0.2) is 11.5 Å². The third kappa shape index (κ3) is 1.20. The summed E-state index contributed by atoms with van der Waals surface area (Å²) >= 11 is 1.21. The lowest BCUT2D eigenvalue weighted by atomic mass is 10.3. The van der Waals surface area contributed by atoms with E-state index >= 15 is 0 Å². The highest BCUT2D eigenvalue weighted by Crippen LogP contribution is 2.41. The molecule has 12 heavy (non-hydrogen) atoms. The van der Waals surface area contributed by atoms with Crippen molar-refractivity contribution >= 4 is 23.7 Å². The van der Waals surface area contributed by atoms with Gasteiger partial charge in [-0.05, 0) is 17.2 Å². The van der Waals surface area contributed by atoms with E-state index in [1.54, 1.807) is 11.5 Å². The lowest BCUT2D eigenvalue weighted by Gasteiger charge is -2.30. The van der Waals surface area contributed by atoms with Gasteiger partial charge in [-0.3, -0.25) is 9.59 Å². The summed E-state index contributed by atoms with van der Waals surface area (Å²) in [6.07, 6.45) is 1.97. The van der Waals surface area contributed by atoms with Crippen molar-refractivity contribution in [1.29, 1.82) is 0 Å². The van der Waals surface area contributed by atoms with E-state index in [0.29, 0.717) is 6.42 Å². The van der Waals surface area contributed by atoms with Gasteiger partial charge in [0.1, 0.15) is 6.42 Å². The molecule has 0 aromatic heterocycles. The maximum Gasteiger partial charge on any atom is 0.321 e. The normalized spacial score (nSPS) is 25.7. The Balaban J connectivity index is 2.16. The van der Waals surface area contributed by atoms with Crippen LogP contribution in [-0.2, 0) is 19.1 Å². The van der Waals surface area contributed by atoms with Crippen LogP contribution in [0.1, 0.15) is 12.8 Å². The molecule has 0 bridgehead atoms. The summed E-state index contributed by atoms with van der Waals surface area (Å²) in [6, 6.07) is 0. The molecule has 2 heterocycles. The smallest absolute Gasteiger partial charge is 0.321 e. The fourth-order valence-corrected chi connectivity index (χ4v) is 1.96. The van der Waals surface area contributed by atoms with Gasteiger partial charge < -0.3 is 9.47 Å². The van der Waals surface area contributed by atoms with Gasteiger partial charge in [0, 0.05) is 0 Å². The highest BCUT2D eigenvalue weighted by molar-refractivity contribution is 8.03. The zero-order chi connectivity index (χ0) is 8.60. The lowest BCUT2D eigenvalue weighted by Crippen LogP contribution is -2.40. The lowest BCUT2D eigenvalue weighted by molar-refractivity contribution is -0.211. The van der Waals surface area contributed by atoms with E-state index < -0.39 is 17.1 Å². The highest BCUT2D eigenvalue weighted by atomic mass is 32.2. The van der Waals surface area contributed by atoms with E-state index in [1.807, 2.05) is 0 Å². The molecule has 2 aliphatic rings. The summed E-state index contributed by atoms with van der Waals surface area (Å²) < 4.78 is 9.85. The number of ether oxygens (including phenoxy) is 2. The van der Waals surface area contributed by atoms with E-state index in [1.165, 1.54) is 11.8 Å². The number of rotatable bonds is 0. The van der Waals surface area contributed by atoms with Crippen molar-refractivity contribution < 1.29 is 19.1 Å². The van der Waals surface area contributed by atoms with E-state index in [4.69, 9.17) is 9.47 Å².